The highest BCUT2D eigenvalue weighted by molar-refractivity contribution is 14.1. The molecule has 0 aliphatic rings. The molecule has 0 atom stereocenters. The maximum Gasteiger partial charge on any atom is 0.393 e. The first-order valence-electron chi connectivity index (χ1n) is 4.89. The Balaban J connectivity index is 0.00000196. The molecule has 0 amide bonds. The fourth-order valence-electron chi connectivity index (χ4n) is 1.14. The Bertz CT molecular complexity index is 295. The summed E-state index contributed by atoms with van der Waals surface area (Å²) >= 11 is 2.19. The summed E-state index contributed by atoms with van der Waals surface area (Å²) in [6, 6.07) is 3.91. The van der Waals surface area contributed by atoms with Gasteiger partial charge in [-0.1, -0.05) is 24.4 Å². The molecule has 5 heteroatoms. The largest absolute Gasteiger partial charge is 1.00 e. The van der Waals surface area contributed by atoms with Gasteiger partial charge >= 0.3 is 5.88 Å². The van der Waals surface area contributed by atoms with E-state index in [1.165, 1.54) is 12.8 Å². The molecule has 0 bridgehead atoms. The Morgan fingerprint density at radius 3 is 2.73 bits per heavy atom. The van der Waals surface area contributed by atoms with Crippen molar-refractivity contribution >= 4 is 22.6 Å². The second-order valence-electron chi connectivity index (χ2n) is 3.17. The van der Waals surface area contributed by atoms with Crippen LogP contribution in [0, 0.1) is 3.70 Å². The van der Waals surface area contributed by atoms with E-state index in [-0.39, 0.29) is 24.0 Å². The second kappa shape index (κ2) is 8.49. The number of rotatable bonds is 5. The predicted molar refractivity (Wildman–Crippen MR) is 63.2 cm³/mol. The lowest BCUT2D eigenvalue weighted by Crippen LogP contribution is -3.00. The van der Waals surface area contributed by atoms with Crippen LogP contribution in [0.1, 0.15) is 26.2 Å². The molecule has 15 heavy (non-hydrogen) atoms. The molecule has 0 unspecified atom stereocenters. The van der Waals surface area contributed by atoms with Crippen LogP contribution in [0.4, 0.5) is 0 Å². The van der Waals surface area contributed by atoms with Crippen LogP contribution in [0.15, 0.2) is 12.1 Å². The van der Waals surface area contributed by atoms with Gasteiger partial charge in [0.15, 0.2) is 10.7 Å². The zero-order valence-corrected chi connectivity index (χ0v) is 13.4. The zero-order chi connectivity index (χ0) is 10.4. The van der Waals surface area contributed by atoms with Gasteiger partial charge in [-0.05, 0) is 35.1 Å². The predicted octanol–water partition coefficient (Wildman–Crippen LogP) is -0.916. The van der Waals surface area contributed by atoms with Gasteiger partial charge in [0, 0.05) is 5.10 Å². The molecule has 0 saturated carbocycles. The van der Waals surface area contributed by atoms with E-state index in [1.54, 1.807) is 4.68 Å². The first-order valence-corrected chi connectivity index (χ1v) is 5.97. The minimum atomic E-state index is 0. The maximum absolute atomic E-state index is 5.59. The first-order chi connectivity index (χ1) is 6.74. The minimum Gasteiger partial charge on any atom is -1.00 e. The average Bonchev–Trinajstić information content (AvgIpc) is 2.15. The van der Waals surface area contributed by atoms with Gasteiger partial charge in [0.2, 0.25) is 0 Å². The van der Waals surface area contributed by atoms with Crippen molar-refractivity contribution in [2.75, 3.05) is 6.61 Å². The Labute approximate surface area is 122 Å². The number of aryl methyl sites for hydroxylation is 1. The average molecular weight is 434 g/mol. The van der Waals surface area contributed by atoms with E-state index >= 15 is 0 Å². The van der Waals surface area contributed by atoms with E-state index in [9.17, 15) is 0 Å². The molecule has 86 valence electrons. The van der Waals surface area contributed by atoms with Crippen LogP contribution in [0.2, 0.25) is 0 Å². The van der Waals surface area contributed by atoms with Crippen LogP contribution >= 0.6 is 22.6 Å². The molecule has 1 aromatic heterocycles. The number of unbranched alkanes of at least 4 members (excludes halogenated alkanes) is 2. The summed E-state index contributed by atoms with van der Waals surface area (Å²) < 4.78 is 8.34. The Hall–Kier alpha value is 0.340. The quantitative estimate of drug-likeness (QED) is 0.341. The summed E-state index contributed by atoms with van der Waals surface area (Å²) in [7, 11) is 1.90. The van der Waals surface area contributed by atoms with Gasteiger partial charge < -0.3 is 28.7 Å². The summed E-state index contributed by atoms with van der Waals surface area (Å²) in [6.07, 6.45) is 3.56. The molecule has 0 spiro atoms. The third-order valence-corrected chi connectivity index (χ3v) is 2.50. The normalized spacial score (nSPS) is 9.53. The molecular weight excluding hydrogens is 418 g/mol. The van der Waals surface area contributed by atoms with E-state index in [2.05, 4.69) is 34.6 Å². The molecule has 1 heterocycles. The van der Waals surface area contributed by atoms with Crippen LogP contribution in [0.5, 0.6) is 5.88 Å². The molecule has 3 nitrogen and oxygen atoms in total. The highest BCUT2D eigenvalue weighted by Crippen LogP contribution is 2.05. The van der Waals surface area contributed by atoms with E-state index in [0.717, 1.165) is 22.6 Å². The first kappa shape index (κ1) is 15.3. The molecule has 0 saturated heterocycles. The molecule has 0 radical (unpaired) electrons. The van der Waals surface area contributed by atoms with Crippen LogP contribution < -0.4 is 33.4 Å². The van der Waals surface area contributed by atoms with Crippen molar-refractivity contribution in [1.29, 1.82) is 0 Å². The standard InChI is InChI=1S/C10H16IN2O.HI/c1-3-4-5-8-14-10-7-6-9(11)12-13(10)2;/h6-7H,3-5,8H2,1-2H3;1H/q+1;/p-1. The molecule has 0 aliphatic heterocycles. The summed E-state index contributed by atoms with van der Waals surface area (Å²) in [5.41, 5.74) is 0. The van der Waals surface area contributed by atoms with Crippen molar-refractivity contribution in [2.45, 2.75) is 26.2 Å². The SMILES string of the molecule is CCCCCOc1ccc(I)n[n+]1C.[I-]. The van der Waals surface area contributed by atoms with Crippen molar-refractivity contribution in [3.05, 3.63) is 15.8 Å². The Morgan fingerprint density at radius 1 is 1.40 bits per heavy atom. The highest BCUT2D eigenvalue weighted by Gasteiger charge is 2.08. The number of nitrogens with zero attached hydrogens (tertiary/aromatic N) is 2. The summed E-state index contributed by atoms with van der Waals surface area (Å²) in [5.74, 6) is 0.835. The Morgan fingerprint density at radius 2 is 2.13 bits per heavy atom. The third kappa shape index (κ3) is 5.84. The fourth-order valence-corrected chi connectivity index (χ4v) is 1.65. The van der Waals surface area contributed by atoms with Crippen molar-refractivity contribution in [3.8, 4) is 5.88 Å². The summed E-state index contributed by atoms with van der Waals surface area (Å²) in [4.78, 5) is 0. The number of aromatic nitrogens is 2. The van der Waals surface area contributed by atoms with Crippen LogP contribution in [-0.2, 0) is 7.05 Å². The van der Waals surface area contributed by atoms with Crippen molar-refractivity contribution < 1.29 is 33.4 Å². The van der Waals surface area contributed by atoms with E-state index in [0.29, 0.717) is 0 Å². The zero-order valence-electron chi connectivity index (χ0n) is 9.04. The van der Waals surface area contributed by atoms with Gasteiger partial charge in [0.25, 0.3) is 0 Å². The number of halogens is 2. The maximum atomic E-state index is 5.59. The number of hydrogen-bond acceptors (Lipinski definition) is 2. The summed E-state index contributed by atoms with van der Waals surface area (Å²) in [6.45, 7) is 2.97. The lowest BCUT2D eigenvalue weighted by Gasteiger charge is -2.01. The third-order valence-electron chi connectivity index (χ3n) is 1.93. The van der Waals surface area contributed by atoms with E-state index < -0.39 is 0 Å². The van der Waals surface area contributed by atoms with Gasteiger partial charge in [-0.15, -0.1) is 0 Å². The van der Waals surface area contributed by atoms with Gasteiger partial charge in [-0.2, -0.15) is 0 Å². The highest BCUT2D eigenvalue weighted by atomic mass is 127. The molecule has 0 N–H and O–H groups in total. The van der Waals surface area contributed by atoms with Gasteiger partial charge in [0.05, 0.1) is 12.7 Å². The fraction of sp³-hybridized carbons (Fsp3) is 0.600. The van der Waals surface area contributed by atoms with E-state index in [4.69, 9.17) is 4.74 Å². The van der Waals surface area contributed by atoms with Crippen molar-refractivity contribution in [3.63, 3.8) is 0 Å². The van der Waals surface area contributed by atoms with Gasteiger partial charge in [0.1, 0.15) is 0 Å². The molecule has 0 aromatic carbocycles. The molecule has 0 aliphatic carbocycles. The monoisotopic (exact) mass is 434 g/mol. The summed E-state index contributed by atoms with van der Waals surface area (Å²) in [5, 5.41) is 4.25. The smallest absolute Gasteiger partial charge is 0.393 e. The van der Waals surface area contributed by atoms with Crippen LogP contribution in [-0.4, -0.2) is 11.7 Å². The van der Waals surface area contributed by atoms with Crippen LogP contribution in [0.25, 0.3) is 0 Å². The lowest BCUT2D eigenvalue weighted by molar-refractivity contribution is -0.736. The topological polar surface area (TPSA) is 26.0 Å². The second-order valence-corrected chi connectivity index (χ2v) is 4.28. The number of ether oxygens (including phenoxy) is 1. The van der Waals surface area contributed by atoms with Crippen LogP contribution in [0.3, 0.4) is 0 Å². The Kier molecular flexibility index (Phi) is 8.68. The number of hydrogen-bond donors (Lipinski definition) is 0. The minimum absolute atomic E-state index is 0. The van der Waals surface area contributed by atoms with E-state index in [1.807, 2.05) is 19.2 Å². The molecule has 0 fully saturated rings. The van der Waals surface area contributed by atoms with Gasteiger partial charge in [-0.25, -0.2) is 0 Å². The van der Waals surface area contributed by atoms with Crippen molar-refractivity contribution in [1.82, 2.24) is 5.10 Å². The molecule has 1 rings (SSSR count). The van der Waals surface area contributed by atoms with Gasteiger partial charge in [-0.3, -0.25) is 0 Å². The molecule has 1 aromatic rings. The lowest BCUT2D eigenvalue weighted by atomic mass is 10.3. The molecular formula is C10H16I2N2O. The van der Waals surface area contributed by atoms with Crippen molar-refractivity contribution in [2.24, 2.45) is 7.05 Å².